The van der Waals surface area contributed by atoms with Crippen molar-refractivity contribution < 1.29 is 14.6 Å². The van der Waals surface area contributed by atoms with Crippen molar-refractivity contribution in [3.8, 4) is 5.75 Å². The van der Waals surface area contributed by atoms with Crippen molar-refractivity contribution in [3.05, 3.63) is 39.4 Å². The zero-order chi connectivity index (χ0) is 12.6. The minimum Gasteiger partial charge on any atom is -0.501 e. The number of rotatable bonds is 1. The van der Waals surface area contributed by atoms with E-state index in [-0.39, 0.29) is 5.65 Å². The molecule has 17 heavy (non-hydrogen) atoms. The number of methoxy groups -OCH3 is 1. The van der Waals surface area contributed by atoms with E-state index in [0.29, 0.717) is 5.02 Å². The molecule has 0 aliphatic rings. The number of hydrogen-bond donors (Lipinski definition) is 1. The first-order valence-electron chi connectivity index (χ1n) is 4.54. The number of fused-ring (bicyclic) bond motifs is 1. The Kier molecular flexibility index (Phi) is 2.72. The fraction of sp³-hybridized carbons (Fsp3) is 0.100. The predicted octanol–water partition coefficient (Wildman–Crippen LogP) is 0.840. The van der Waals surface area contributed by atoms with Crippen LogP contribution in [0.15, 0.2) is 23.1 Å². The smallest absolute Gasteiger partial charge is 0.360 e. The minimum absolute atomic E-state index is 0.192. The first kappa shape index (κ1) is 11.4. The first-order valence-corrected chi connectivity index (χ1v) is 4.91. The maximum atomic E-state index is 11.7. The third-order valence-electron chi connectivity index (χ3n) is 2.14. The topological polar surface area (TPSA) is 80.9 Å². The van der Waals surface area contributed by atoms with E-state index in [4.69, 9.17) is 11.6 Å². The highest BCUT2D eigenvalue weighted by atomic mass is 35.5. The molecule has 0 fully saturated rings. The number of halogens is 1. The third-order valence-corrected chi connectivity index (χ3v) is 2.37. The van der Waals surface area contributed by atoms with E-state index in [0.717, 1.165) is 11.5 Å². The van der Waals surface area contributed by atoms with Gasteiger partial charge in [0, 0.05) is 6.20 Å². The molecule has 0 bridgehead atoms. The van der Waals surface area contributed by atoms with Crippen LogP contribution in [0, 0.1) is 0 Å². The standard InChI is InChI=1S/C10H7ClN2O4/c1-17-10(16)7-8(14)9(15)13-4-5(11)2-3-6(13)12-7/h2-4,14H,1H3. The van der Waals surface area contributed by atoms with Gasteiger partial charge >= 0.3 is 11.5 Å². The first-order chi connectivity index (χ1) is 8.04. The number of ether oxygens (including phenoxy) is 1. The number of esters is 1. The van der Waals surface area contributed by atoms with E-state index >= 15 is 0 Å². The lowest BCUT2D eigenvalue weighted by Gasteiger charge is -2.05. The van der Waals surface area contributed by atoms with Crippen LogP contribution in [-0.4, -0.2) is 27.6 Å². The molecule has 0 aliphatic heterocycles. The van der Waals surface area contributed by atoms with Crippen LogP contribution in [0.5, 0.6) is 5.75 Å². The number of aromatic hydroxyl groups is 1. The number of carbonyl (C=O) groups is 1. The SMILES string of the molecule is COC(=O)c1nc2ccc(Cl)cn2c(=O)c1O. The molecule has 2 rings (SSSR count). The van der Waals surface area contributed by atoms with Crippen LogP contribution in [0.4, 0.5) is 0 Å². The van der Waals surface area contributed by atoms with Gasteiger partial charge in [0.05, 0.1) is 12.1 Å². The van der Waals surface area contributed by atoms with Gasteiger partial charge in [0.25, 0.3) is 0 Å². The van der Waals surface area contributed by atoms with Crippen molar-refractivity contribution in [2.24, 2.45) is 0 Å². The van der Waals surface area contributed by atoms with Gasteiger partial charge in [-0.25, -0.2) is 9.78 Å². The Morgan fingerprint density at radius 2 is 2.24 bits per heavy atom. The lowest BCUT2D eigenvalue weighted by atomic mass is 10.3. The monoisotopic (exact) mass is 254 g/mol. The van der Waals surface area contributed by atoms with E-state index in [1.165, 1.54) is 18.3 Å². The molecule has 6 nitrogen and oxygen atoms in total. The number of nitrogens with zero attached hydrogens (tertiary/aromatic N) is 2. The normalized spacial score (nSPS) is 10.5. The van der Waals surface area contributed by atoms with Crippen molar-refractivity contribution in [2.45, 2.75) is 0 Å². The highest BCUT2D eigenvalue weighted by Crippen LogP contribution is 2.14. The summed E-state index contributed by atoms with van der Waals surface area (Å²) in [4.78, 5) is 26.8. The maximum Gasteiger partial charge on any atom is 0.360 e. The minimum atomic E-state index is -0.878. The fourth-order valence-electron chi connectivity index (χ4n) is 1.34. The Bertz CT molecular complexity index is 665. The van der Waals surface area contributed by atoms with Crippen LogP contribution < -0.4 is 5.56 Å². The molecule has 0 unspecified atom stereocenters. The van der Waals surface area contributed by atoms with Crippen LogP contribution in [0.1, 0.15) is 10.5 Å². The molecule has 0 spiro atoms. The highest BCUT2D eigenvalue weighted by molar-refractivity contribution is 6.30. The molecule has 7 heteroatoms. The average Bonchev–Trinajstić information content (AvgIpc) is 2.33. The van der Waals surface area contributed by atoms with Gasteiger partial charge in [0.2, 0.25) is 5.75 Å². The second-order valence-corrected chi connectivity index (χ2v) is 3.62. The Morgan fingerprint density at radius 1 is 1.53 bits per heavy atom. The Hall–Kier alpha value is -2.08. The van der Waals surface area contributed by atoms with Crippen molar-refractivity contribution >= 4 is 23.2 Å². The molecule has 0 aliphatic carbocycles. The quantitative estimate of drug-likeness (QED) is 0.763. The molecule has 2 heterocycles. The molecule has 0 radical (unpaired) electrons. The van der Waals surface area contributed by atoms with Crippen LogP contribution in [-0.2, 0) is 4.74 Å². The fourth-order valence-corrected chi connectivity index (χ4v) is 1.50. The van der Waals surface area contributed by atoms with E-state index < -0.39 is 23.0 Å². The molecule has 0 saturated heterocycles. The van der Waals surface area contributed by atoms with Crippen molar-refractivity contribution in [3.63, 3.8) is 0 Å². The summed E-state index contributed by atoms with van der Waals surface area (Å²) in [6.45, 7) is 0. The van der Waals surface area contributed by atoms with Gasteiger partial charge in [0.15, 0.2) is 5.69 Å². The average molecular weight is 255 g/mol. The molecule has 2 aromatic heterocycles. The number of hydrogen-bond acceptors (Lipinski definition) is 5. The van der Waals surface area contributed by atoms with Crippen molar-refractivity contribution in [1.82, 2.24) is 9.38 Å². The van der Waals surface area contributed by atoms with Gasteiger partial charge in [-0.2, -0.15) is 0 Å². The lowest BCUT2D eigenvalue weighted by molar-refractivity contribution is 0.0590. The summed E-state index contributed by atoms with van der Waals surface area (Å²) in [6.07, 6.45) is 1.30. The maximum absolute atomic E-state index is 11.7. The summed E-state index contributed by atoms with van der Waals surface area (Å²) in [5.41, 5.74) is -1.00. The van der Waals surface area contributed by atoms with Crippen LogP contribution in [0.2, 0.25) is 5.02 Å². The van der Waals surface area contributed by atoms with Crippen molar-refractivity contribution in [2.75, 3.05) is 7.11 Å². The molecule has 1 N–H and O–H groups in total. The molecule has 0 saturated carbocycles. The third kappa shape index (κ3) is 1.83. The van der Waals surface area contributed by atoms with Crippen LogP contribution >= 0.6 is 11.6 Å². The van der Waals surface area contributed by atoms with E-state index in [1.807, 2.05) is 0 Å². The second-order valence-electron chi connectivity index (χ2n) is 3.18. The molecular weight excluding hydrogens is 248 g/mol. The van der Waals surface area contributed by atoms with Gasteiger partial charge in [-0.1, -0.05) is 11.6 Å². The van der Waals surface area contributed by atoms with Gasteiger partial charge < -0.3 is 9.84 Å². The summed E-state index contributed by atoms with van der Waals surface area (Å²) in [7, 11) is 1.13. The van der Waals surface area contributed by atoms with Gasteiger partial charge in [-0.3, -0.25) is 9.20 Å². The summed E-state index contributed by atoms with van der Waals surface area (Å²) in [5, 5.41) is 9.86. The van der Waals surface area contributed by atoms with Gasteiger partial charge in [-0.05, 0) is 12.1 Å². The molecule has 88 valence electrons. The molecule has 0 aromatic carbocycles. The summed E-state index contributed by atoms with van der Waals surface area (Å²) in [6, 6.07) is 2.97. The molecule has 2 aromatic rings. The molecule has 0 amide bonds. The number of pyridine rings is 1. The summed E-state index contributed by atoms with van der Waals surface area (Å²) >= 11 is 5.71. The largest absolute Gasteiger partial charge is 0.501 e. The second kappa shape index (κ2) is 4.06. The van der Waals surface area contributed by atoms with Crippen LogP contribution in [0.3, 0.4) is 0 Å². The number of aromatic nitrogens is 2. The van der Waals surface area contributed by atoms with Gasteiger partial charge in [0.1, 0.15) is 5.65 Å². The summed E-state index contributed by atoms with van der Waals surface area (Å²) < 4.78 is 5.45. The lowest BCUT2D eigenvalue weighted by Crippen LogP contribution is -2.19. The molecular formula is C10H7ClN2O4. The highest BCUT2D eigenvalue weighted by Gasteiger charge is 2.18. The predicted molar refractivity (Wildman–Crippen MR) is 59.5 cm³/mol. The zero-order valence-corrected chi connectivity index (χ0v) is 9.43. The summed E-state index contributed by atoms with van der Waals surface area (Å²) in [5.74, 6) is -1.64. The van der Waals surface area contributed by atoms with Gasteiger partial charge in [-0.15, -0.1) is 0 Å². The Balaban J connectivity index is 2.84. The van der Waals surface area contributed by atoms with Crippen LogP contribution in [0.25, 0.3) is 5.65 Å². The Labute approximate surface area is 100 Å². The number of carbonyl (C=O) groups excluding carboxylic acids is 1. The van der Waals surface area contributed by atoms with E-state index in [9.17, 15) is 14.7 Å². The van der Waals surface area contributed by atoms with Crippen molar-refractivity contribution in [1.29, 1.82) is 0 Å². The van der Waals surface area contributed by atoms with E-state index in [1.54, 1.807) is 0 Å². The van der Waals surface area contributed by atoms with E-state index in [2.05, 4.69) is 9.72 Å². The zero-order valence-electron chi connectivity index (χ0n) is 8.68. The molecule has 0 atom stereocenters. The Morgan fingerprint density at radius 3 is 2.88 bits per heavy atom.